The van der Waals surface area contributed by atoms with Gasteiger partial charge in [-0.15, -0.1) is 11.3 Å². The summed E-state index contributed by atoms with van der Waals surface area (Å²) in [7, 11) is 0. The molecule has 0 spiro atoms. The maximum absolute atomic E-state index is 13.8. The highest BCUT2D eigenvalue weighted by molar-refractivity contribution is 7.15. The molecule has 18 heavy (non-hydrogen) atoms. The predicted octanol–water partition coefficient (Wildman–Crippen LogP) is 4.11. The van der Waals surface area contributed by atoms with Crippen molar-refractivity contribution < 1.29 is 4.39 Å². The lowest BCUT2D eigenvalue weighted by Gasteiger charge is -2.02. The average Bonchev–Trinajstić information content (AvgIpc) is 3.08. The minimum absolute atomic E-state index is 0.135. The number of rotatable bonds is 4. The highest BCUT2D eigenvalue weighted by atomic mass is 32.1. The van der Waals surface area contributed by atoms with Crippen molar-refractivity contribution in [2.75, 3.05) is 0 Å². The summed E-state index contributed by atoms with van der Waals surface area (Å²) in [6.45, 7) is 2.90. The molecule has 0 amide bonds. The van der Waals surface area contributed by atoms with Crippen LogP contribution in [-0.2, 0) is 6.54 Å². The Labute approximate surface area is 111 Å². The summed E-state index contributed by atoms with van der Waals surface area (Å²) in [5.41, 5.74) is 1.81. The smallest absolute Gasteiger partial charge is 0.131 e. The van der Waals surface area contributed by atoms with Gasteiger partial charge in [0, 0.05) is 27.9 Å². The van der Waals surface area contributed by atoms with Crippen LogP contribution in [0.15, 0.2) is 30.3 Å². The third kappa shape index (κ3) is 2.62. The van der Waals surface area contributed by atoms with E-state index in [0.29, 0.717) is 6.04 Å². The SMILES string of the molecule is Cc1ccc(F)c(-c2ccc(CNC3CC3)s2)c1. The number of hydrogen-bond donors (Lipinski definition) is 1. The van der Waals surface area contributed by atoms with Gasteiger partial charge in [0.2, 0.25) is 0 Å². The second-order valence-electron chi connectivity index (χ2n) is 4.90. The summed E-state index contributed by atoms with van der Waals surface area (Å²) >= 11 is 1.68. The van der Waals surface area contributed by atoms with Crippen LogP contribution in [0.2, 0.25) is 0 Å². The van der Waals surface area contributed by atoms with E-state index in [2.05, 4.69) is 11.4 Å². The van der Waals surface area contributed by atoms with Gasteiger partial charge in [0.15, 0.2) is 0 Å². The van der Waals surface area contributed by atoms with E-state index in [1.807, 2.05) is 25.1 Å². The molecule has 1 fully saturated rings. The monoisotopic (exact) mass is 261 g/mol. The zero-order valence-corrected chi connectivity index (χ0v) is 11.2. The van der Waals surface area contributed by atoms with Crippen LogP contribution >= 0.6 is 11.3 Å². The standard InChI is InChI=1S/C15H16FNS/c1-10-2-6-14(16)13(8-10)15-7-5-12(18-15)9-17-11-3-4-11/h2,5-8,11,17H,3-4,9H2,1H3. The summed E-state index contributed by atoms with van der Waals surface area (Å²) in [5.74, 6) is -0.135. The minimum Gasteiger partial charge on any atom is -0.309 e. The molecular formula is C15H16FNS. The lowest BCUT2D eigenvalue weighted by molar-refractivity contribution is 0.631. The average molecular weight is 261 g/mol. The zero-order chi connectivity index (χ0) is 12.5. The van der Waals surface area contributed by atoms with Crippen molar-refractivity contribution in [3.8, 4) is 10.4 Å². The molecule has 1 heterocycles. The molecule has 0 radical (unpaired) electrons. The summed E-state index contributed by atoms with van der Waals surface area (Å²) < 4.78 is 13.8. The first-order valence-corrected chi connectivity index (χ1v) is 7.12. The molecule has 1 saturated carbocycles. The maximum Gasteiger partial charge on any atom is 0.131 e. The van der Waals surface area contributed by atoms with Crippen molar-refractivity contribution in [3.63, 3.8) is 0 Å². The van der Waals surface area contributed by atoms with Crippen LogP contribution in [0.5, 0.6) is 0 Å². The van der Waals surface area contributed by atoms with E-state index in [4.69, 9.17) is 0 Å². The van der Waals surface area contributed by atoms with Crippen LogP contribution in [0.25, 0.3) is 10.4 Å². The Morgan fingerprint density at radius 1 is 1.28 bits per heavy atom. The number of nitrogens with one attached hydrogen (secondary N) is 1. The molecule has 1 aliphatic carbocycles. The molecule has 0 aliphatic heterocycles. The van der Waals surface area contributed by atoms with Crippen molar-refractivity contribution in [1.29, 1.82) is 0 Å². The molecule has 1 aromatic carbocycles. The third-order valence-corrected chi connectivity index (χ3v) is 4.31. The Balaban J connectivity index is 1.80. The Bertz CT molecular complexity index is 557. The molecule has 1 nitrogen and oxygen atoms in total. The Hall–Kier alpha value is -1.19. The minimum atomic E-state index is -0.135. The Kier molecular flexibility index (Phi) is 3.18. The van der Waals surface area contributed by atoms with Crippen molar-refractivity contribution in [2.24, 2.45) is 0 Å². The number of halogens is 1. The number of aryl methyl sites for hydroxylation is 1. The van der Waals surface area contributed by atoms with E-state index >= 15 is 0 Å². The van der Waals surface area contributed by atoms with Crippen LogP contribution in [0.4, 0.5) is 4.39 Å². The summed E-state index contributed by atoms with van der Waals surface area (Å²) in [6, 6.07) is 10.1. The van der Waals surface area contributed by atoms with Gasteiger partial charge < -0.3 is 5.32 Å². The number of hydrogen-bond acceptors (Lipinski definition) is 2. The second kappa shape index (κ2) is 4.82. The van der Waals surface area contributed by atoms with E-state index in [-0.39, 0.29) is 5.82 Å². The first kappa shape index (κ1) is 11.9. The molecule has 1 N–H and O–H groups in total. The van der Waals surface area contributed by atoms with Crippen molar-refractivity contribution in [3.05, 3.63) is 46.6 Å². The van der Waals surface area contributed by atoms with Gasteiger partial charge in [0.1, 0.15) is 5.82 Å². The van der Waals surface area contributed by atoms with Gasteiger partial charge in [-0.3, -0.25) is 0 Å². The molecule has 0 atom stereocenters. The van der Waals surface area contributed by atoms with Crippen molar-refractivity contribution in [1.82, 2.24) is 5.32 Å². The van der Waals surface area contributed by atoms with Gasteiger partial charge in [-0.2, -0.15) is 0 Å². The highest BCUT2D eigenvalue weighted by Crippen LogP contribution is 2.31. The highest BCUT2D eigenvalue weighted by Gasteiger charge is 2.20. The van der Waals surface area contributed by atoms with Crippen molar-refractivity contribution >= 4 is 11.3 Å². The first-order valence-electron chi connectivity index (χ1n) is 6.31. The van der Waals surface area contributed by atoms with Gasteiger partial charge in [0.05, 0.1) is 0 Å². The van der Waals surface area contributed by atoms with Crippen LogP contribution < -0.4 is 5.32 Å². The second-order valence-corrected chi connectivity index (χ2v) is 6.07. The van der Waals surface area contributed by atoms with Gasteiger partial charge in [-0.25, -0.2) is 4.39 Å². The first-order chi connectivity index (χ1) is 8.72. The maximum atomic E-state index is 13.8. The van der Waals surface area contributed by atoms with Gasteiger partial charge in [-0.05, 0) is 44.0 Å². The quantitative estimate of drug-likeness (QED) is 0.873. The Morgan fingerprint density at radius 2 is 2.11 bits per heavy atom. The molecular weight excluding hydrogens is 245 g/mol. The predicted molar refractivity (Wildman–Crippen MR) is 74.3 cm³/mol. The molecule has 0 bridgehead atoms. The summed E-state index contributed by atoms with van der Waals surface area (Å²) in [5, 5.41) is 3.48. The zero-order valence-electron chi connectivity index (χ0n) is 10.4. The lowest BCUT2D eigenvalue weighted by Crippen LogP contribution is -2.14. The number of thiophene rings is 1. The molecule has 1 aliphatic rings. The van der Waals surface area contributed by atoms with Crippen LogP contribution in [0, 0.1) is 12.7 Å². The fraction of sp³-hybridized carbons (Fsp3) is 0.333. The van der Waals surface area contributed by atoms with E-state index in [9.17, 15) is 4.39 Å². The third-order valence-electron chi connectivity index (χ3n) is 3.19. The van der Waals surface area contributed by atoms with E-state index in [0.717, 1.165) is 22.5 Å². The fourth-order valence-corrected chi connectivity index (χ4v) is 2.95. The Morgan fingerprint density at radius 3 is 2.89 bits per heavy atom. The van der Waals surface area contributed by atoms with Crippen LogP contribution in [0.3, 0.4) is 0 Å². The molecule has 2 aromatic rings. The number of benzene rings is 1. The van der Waals surface area contributed by atoms with Gasteiger partial charge >= 0.3 is 0 Å². The molecule has 3 heteroatoms. The van der Waals surface area contributed by atoms with Crippen LogP contribution in [0.1, 0.15) is 23.3 Å². The molecule has 0 unspecified atom stereocenters. The summed E-state index contributed by atoms with van der Waals surface area (Å²) in [6.07, 6.45) is 2.59. The molecule has 94 valence electrons. The van der Waals surface area contributed by atoms with E-state index < -0.39 is 0 Å². The molecule has 1 aromatic heterocycles. The van der Waals surface area contributed by atoms with Gasteiger partial charge in [0.25, 0.3) is 0 Å². The normalized spacial score (nSPS) is 15.0. The molecule has 3 rings (SSSR count). The lowest BCUT2D eigenvalue weighted by atomic mass is 10.1. The van der Waals surface area contributed by atoms with Crippen molar-refractivity contribution in [2.45, 2.75) is 32.4 Å². The summed E-state index contributed by atoms with van der Waals surface area (Å²) in [4.78, 5) is 2.29. The largest absolute Gasteiger partial charge is 0.309 e. The van der Waals surface area contributed by atoms with E-state index in [1.165, 1.54) is 17.7 Å². The molecule has 0 saturated heterocycles. The van der Waals surface area contributed by atoms with Crippen LogP contribution in [-0.4, -0.2) is 6.04 Å². The van der Waals surface area contributed by atoms with E-state index in [1.54, 1.807) is 17.4 Å². The van der Waals surface area contributed by atoms with Gasteiger partial charge in [-0.1, -0.05) is 11.6 Å². The fourth-order valence-electron chi connectivity index (χ4n) is 1.98. The topological polar surface area (TPSA) is 12.0 Å².